The lowest BCUT2D eigenvalue weighted by Crippen LogP contribution is -2.14. The molecule has 0 aliphatic rings. The lowest BCUT2D eigenvalue weighted by atomic mass is 10.1. The molecule has 6 heteroatoms. The van der Waals surface area contributed by atoms with Crippen LogP contribution in [0.15, 0.2) is 27.5 Å². The minimum Gasteiger partial charge on any atom is -0.350 e. The minimum absolute atomic E-state index is 0.171. The van der Waals surface area contributed by atoms with Crippen molar-refractivity contribution in [2.45, 2.75) is 13.1 Å². The Morgan fingerprint density at radius 3 is 2.53 bits per heavy atom. The van der Waals surface area contributed by atoms with Crippen LogP contribution in [0.5, 0.6) is 0 Å². The van der Waals surface area contributed by atoms with Crippen LogP contribution in [0.25, 0.3) is 10.9 Å². The highest BCUT2D eigenvalue weighted by molar-refractivity contribution is 9.10. The average Bonchev–Trinajstić information content (AvgIpc) is 2.22. The van der Waals surface area contributed by atoms with Crippen molar-refractivity contribution in [1.29, 1.82) is 0 Å². The number of pyridine rings is 1. The number of nitrogens with one attached hydrogen (secondary N) is 1. The molecular formula is C11H7BrF3NO. The zero-order valence-electron chi connectivity index (χ0n) is 8.65. The summed E-state index contributed by atoms with van der Waals surface area (Å²) in [6, 6.07) is 3.76. The van der Waals surface area contributed by atoms with Gasteiger partial charge < -0.3 is 4.98 Å². The Balaban J connectivity index is 2.89. The molecule has 0 bridgehead atoms. The van der Waals surface area contributed by atoms with Crippen LogP contribution in [0.4, 0.5) is 13.2 Å². The third-order valence-electron chi connectivity index (χ3n) is 2.44. The Morgan fingerprint density at radius 1 is 1.29 bits per heavy atom. The SMILES string of the molecule is Cc1ccc2c(=O)cc(C(F)(F)F)[nH]c2c1Br. The van der Waals surface area contributed by atoms with Gasteiger partial charge in [-0.05, 0) is 34.5 Å². The summed E-state index contributed by atoms with van der Waals surface area (Å²) in [5, 5.41) is 0.232. The molecule has 2 nitrogen and oxygen atoms in total. The summed E-state index contributed by atoms with van der Waals surface area (Å²) >= 11 is 3.18. The van der Waals surface area contributed by atoms with E-state index in [-0.39, 0.29) is 10.9 Å². The van der Waals surface area contributed by atoms with Gasteiger partial charge >= 0.3 is 6.18 Å². The molecule has 0 atom stereocenters. The molecule has 0 aliphatic heterocycles. The fourth-order valence-electron chi connectivity index (χ4n) is 1.54. The third kappa shape index (κ3) is 2.09. The Hall–Kier alpha value is -1.30. The van der Waals surface area contributed by atoms with Crippen LogP contribution in [-0.2, 0) is 6.18 Å². The summed E-state index contributed by atoms with van der Waals surface area (Å²) < 4.78 is 38.1. The lowest BCUT2D eigenvalue weighted by Gasteiger charge is -2.09. The zero-order valence-corrected chi connectivity index (χ0v) is 10.2. The molecule has 1 aromatic carbocycles. The number of fused-ring (bicyclic) bond motifs is 1. The Morgan fingerprint density at radius 2 is 1.94 bits per heavy atom. The van der Waals surface area contributed by atoms with E-state index >= 15 is 0 Å². The van der Waals surface area contributed by atoms with Gasteiger partial charge in [0.2, 0.25) is 0 Å². The number of hydrogen-bond acceptors (Lipinski definition) is 1. The Kier molecular flexibility index (Phi) is 2.77. The fraction of sp³-hybridized carbons (Fsp3) is 0.182. The first kappa shape index (κ1) is 12.2. The second-order valence-electron chi connectivity index (χ2n) is 3.66. The van der Waals surface area contributed by atoms with Crippen LogP contribution in [0, 0.1) is 6.92 Å². The van der Waals surface area contributed by atoms with E-state index < -0.39 is 17.3 Å². The fourth-order valence-corrected chi connectivity index (χ4v) is 1.98. The standard InChI is InChI=1S/C11H7BrF3NO/c1-5-2-3-6-7(17)4-8(11(13,14)15)16-10(6)9(5)12/h2-4H,1H3,(H,16,17). The normalized spacial score (nSPS) is 12.1. The van der Waals surface area contributed by atoms with Crippen molar-refractivity contribution < 1.29 is 13.2 Å². The van der Waals surface area contributed by atoms with E-state index in [2.05, 4.69) is 20.9 Å². The van der Waals surface area contributed by atoms with E-state index in [9.17, 15) is 18.0 Å². The van der Waals surface area contributed by atoms with Crippen molar-refractivity contribution in [3.63, 3.8) is 0 Å². The van der Waals surface area contributed by atoms with Gasteiger partial charge in [0.1, 0.15) is 5.69 Å². The number of aromatic nitrogens is 1. The van der Waals surface area contributed by atoms with Gasteiger partial charge in [0.25, 0.3) is 0 Å². The second kappa shape index (κ2) is 3.87. The van der Waals surface area contributed by atoms with Gasteiger partial charge in [-0.2, -0.15) is 13.2 Å². The van der Waals surface area contributed by atoms with Gasteiger partial charge in [-0.3, -0.25) is 4.79 Å². The summed E-state index contributed by atoms with van der Waals surface area (Å²) in [6.45, 7) is 1.74. The maximum atomic E-state index is 12.5. The van der Waals surface area contributed by atoms with Crippen molar-refractivity contribution >= 4 is 26.8 Å². The molecule has 0 saturated heterocycles. The Labute approximate surface area is 103 Å². The minimum atomic E-state index is -4.56. The zero-order chi connectivity index (χ0) is 12.8. The van der Waals surface area contributed by atoms with Crippen molar-refractivity contribution in [1.82, 2.24) is 4.98 Å². The smallest absolute Gasteiger partial charge is 0.350 e. The number of halogens is 4. The van der Waals surface area contributed by atoms with E-state index in [0.717, 1.165) is 5.56 Å². The number of hydrogen-bond donors (Lipinski definition) is 1. The van der Waals surface area contributed by atoms with E-state index in [1.165, 1.54) is 6.07 Å². The second-order valence-corrected chi connectivity index (χ2v) is 4.46. The van der Waals surface area contributed by atoms with Crippen LogP contribution in [-0.4, -0.2) is 4.98 Å². The van der Waals surface area contributed by atoms with Gasteiger partial charge in [0, 0.05) is 15.9 Å². The number of aryl methyl sites for hydroxylation is 1. The molecule has 0 radical (unpaired) electrons. The number of benzene rings is 1. The van der Waals surface area contributed by atoms with E-state index in [1.807, 2.05) is 0 Å². The van der Waals surface area contributed by atoms with E-state index in [0.29, 0.717) is 10.5 Å². The number of H-pyrrole nitrogens is 1. The molecule has 0 spiro atoms. The quantitative estimate of drug-likeness (QED) is 0.792. The number of aromatic amines is 1. The molecule has 0 fully saturated rings. The lowest BCUT2D eigenvalue weighted by molar-refractivity contribution is -0.141. The van der Waals surface area contributed by atoms with Gasteiger partial charge in [-0.25, -0.2) is 0 Å². The largest absolute Gasteiger partial charge is 0.431 e. The molecule has 1 aromatic heterocycles. The molecule has 1 heterocycles. The maximum Gasteiger partial charge on any atom is 0.431 e. The van der Waals surface area contributed by atoms with E-state index in [1.54, 1.807) is 13.0 Å². The van der Waals surface area contributed by atoms with Crippen molar-refractivity contribution in [2.24, 2.45) is 0 Å². The van der Waals surface area contributed by atoms with Crippen LogP contribution in [0.2, 0.25) is 0 Å². The van der Waals surface area contributed by atoms with Crippen molar-refractivity contribution in [3.05, 3.63) is 44.2 Å². The van der Waals surface area contributed by atoms with Crippen LogP contribution in [0.1, 0.15) is 11.3 Å². The molecule has 2 rings (SSSR count). The summed E-state index contributed by atoms with van der Waals surface area (Å²) in [7, 11) is 0. The number of rotatable bonds is 0. The summed E-state index contributed by atoms with van der Waals surface area (Å²) in [5.74, 6) is 0. The van der Waals surface area contributed by atoms with Gasteiger partial charge in [0.15, 0.2) is 5.43 Å². The third-order valence-corrected chi connectivity index (χ3v) is 3.46. The highest BCUT2D eigenvalue weighted by atomic mass is 79.9. The summed E-state index contributed by atoms with van der Waals surface area (Å²) in [6.07, 6.45) is -4.56. The van der Waals surface area contributed by atoms with Crippen LogP contribution < -0.4 is 5.43 Å². The van der Waals surface area contributed by atoms with E-state index in [4.69, 9.17) is 0 Å². The average molecular weight is 306 g/mol. The van der Waals surface area contributed by atoms with Crippen LogP contribution >= 0.6 is 15.9 Å². The van der Waals surface area contributed by atoms with Gasteiger partial charge in [0.05, 0.1) is 5.52 Å². The maximum absolute atomic E-state index is 12.5. The predicted molar refractivity (Wildman–Crippen MR) is 62.0 cm³/mol. The Bertz CT molecular complexity index is 645. The predicted octanol–water partition coefficient (Wildman–Crippen LogP) is 3.62. The molecule has 0 unspecified atom stereocenters. The molecule has 0 aliphatic carbocycles. The molecule has 2 aromatic rings. The first-order chi connectivity index (χ1) is 7.80. The van der Waals surface area contributed by atoms with Crippen molar-refractivity contribution in [2.75, 3.05) is 0 Å². The molecule has 17 heavy (non-hydrogen) atoms. The first-order valence-electron chi connectivity index (χ1n) is 4.70. The van der Waals surface area contributed by atoms with Crippen LogP contribution in [0.3, 0.4) is 0 Å². The number of alkyl halides is 3. The summed E-state index contributed by atoms with van der Waals surface area (Å²) in [4.78, 5) is 13.8. The monoisotopic (exact) mass is 305 g/mol. The van der Waals surface area contributed by atoms with Gasteiger partial charge in [-0.1, -0.05) is 6.07 Å². The molecule has 0 saturated carbocycles. The summed E-state index contributed by atoms with van der Waals surface area (Å²) in [5.41, 5.74) is -0.759. The highest BCUT2D eigenvalue weighted by Crippen LogP contribution is 2.30. The highest BCUT2D eigenvalue weighted by Gasteiger charge is 2.32. The topological polar surface area (TPSA) is 32.9 Å². The molecular weight excluding hydrogens is 299 g/mol. The van der Waals surface area contributed by atoms with Crippen molar-refractivity contribution in [3.8, 4) is 0 Å². The molecule has 1 N–H and O–H groups in total. The molecule has 90 valence electrons. The van der Waals surface area contributed by atoms with Gasteiger partial charge in [-0.15, -0.1) is 0 Å². The molecule has 0 amide bonds. The first-order valence-corrected chi connectivity index (χ1v) is 5.49.